The Kier molecular flexibility index (Phi) is 20.9. The zero-order valence-corrected chi connectivity index (χ0v) is 46.8. The van der Waals surface area contributed by atoms with Crippen molar-refractivity contribution in [1.29, 1.82) is 0 Å². The van der Waals surface area contributed by atoms with E-state index in [1.54, 1.807) is 0 Å². The maximum Gasteiger partial charge on any atom is 0.408 e. The predicted octanol–water partition coefficient (Wildman–Crippen LogP) is 13.3. The number of aromatic nitrogens is 2. The molecule has 3 N–H and O–H groups in total. The molecular formula is C58H82N4O10Si. The van der Waals surface area contributed by atoms with E-state index < -0.39 is 37.3 Å². The van der Waals surface area contributed by atoms with Crippen molar-refractivity contribution < 1.29 is 47.7 Å². The number of allylic oxidation sites excluding steroid dienone is 1. The molecule has 0 aliphatic heterocycles. The second-order valence-electron chi connectivity index (χ2n) is 23.2. The van der Waals surface area contributed by atoms with Crippen LogP contribution in [0.15, 0.2) is 72.8 Å². The zero-order chi connectivity index (χ0) is 54.4. The van der Waals surface area contributed by atoms with E-state index in [2.05, 4.69) is 81.8 Å². The standard InChI is InChI=1S/C31H46N2O5Si.C26H36N2O3.CO2/c1-22(32-28(35)37-29(2,3)4)26-13-12-24-11-10-23(20-27(24)33-26)14-17-31(36-21-34)18-15-25(16-19-31)38-39(8,9)30(5,6)7;1-6-26(15-12-21(29)13-16-26)14-11-19-7-8-20-9-10-22(28-23(20)17-19)18(2)27-24(30)31-25(3,4)5;2-1-3/h10-14,17,20-22,25H,15-16,18-19H2,1-9H3,(H,32,35);7-11,14,17-18,21,29H,6,12-13,15-16H2,1-5H3,(H,27,30);/b17-14+;14-11+;/t22-,25?,31?;18-,21?,26?;/m11./s1. The minimum atomic E-state index is -1.85. The molecule has 0 unspecified atom stereocenters. The Morgan fingerprint density at radius 2 is 1.15 bits per heavy atom. The third-order valence-corrected chi connectivity index (χ3v) is 18.6. The van der Waals surface area contributed by atoms with Crippen LogP contribution in [0.3, 0.4) is 0 Å². The molecule has 2 aliphatic rings. The lowest BCUT2D eigenvalue weighted by Gasteiger charge is -2.43. The molecule has 0 spiro atoms. The maximum absolute atomic E-state index is 12.2. The molecule has 2 amide bonds. The molecule has 2 aromatic heterocycles. The lowest BCUT2D eigenvalue weighted by atomic mass is 9.71. The third-order valence-electron chi connectivity index (χ3n) is 14.0. The number of hydrogen-bond donors (Lipinski definition) is 3. The zero-order valence-electron chi connectivity index (χ0n) is 45.8. The maximum atomic E-state index is 12.2. The van der Waals surface area contributed by atoms with Crippen molar-refractivity contribution in [1.82, 2.24) is 20.6 Å². The smallest absolute Gasteiger partial charge is 0.408 e. The highest BCUT2D eigenvalue weighted by molar-refractivity contribution is 6.74. The number of fused-ring (bicyclic) bond motifs is 2. The summed E-state index contributed by atoms with van der Waals surface area (Å²) in [5.41, 5.74) is 3.79. The van der Waals surface area contributed by atoms with Crippen molar-refractivity contribution in [2.24, 2.45) is 5.41 Å². The van der Waals surface area contributed by atoms with E-state index in [0.717, 1.165) is 102 Å². The first-order valence-electron chi connectivity index (χ1n) is 25.7. The molecule has 2 fully saturated rings. The van der Waals surface area contributed by atoms with Crippen molar-refractivity contribution in [3.8, 4) is 0 Å². The van der Waals surface area contributed by atoms with Gasteiger partial charge in [-0.25, -0.2) is 9.59 Å². The first-order chi connectivity index (χ1) is 34.0. The highest BCUT2D eigenvalue weighted by Gasteiger charge is 2.42. The van der Waals surface area contributed by atoms with Crippen molar-refractivity contribution in [2.45, 2.75) is 200 Å². The summed E-state index contributed by atoms with van der Waals surface area (Å²) in [6, 6.07) is 19.7. The molecule has 2 aliphatic carbocycles. The lowest BCUT2D eigenvalue weighted by Crippen LogP contribution is -2.46. The van der Waals surface area contributed by atoms with E-state index >= 15 is 0 Å². The molecular weight excluding hydrogens is 941 g/mol. The van der Waals surface area contributed by atoms with Crippen LogP contribution in [0.4, 0.5) is 9.59 Å². The summed E-state index contributed by atoms with van der Waals surface area (Å²) in [4.78, 5) is 61.6. The van der Waals surface area contributed by atoms with Crippen molar-refractivity contribution in [3.63, 3.8) is 0 Å². The summed E-state index contributed by atoms with van der Waals surface area (Å²) >= 11 is 0. The Morgan fingerprint density at radius 1 is 0.726 bits per heavy atom. The van der Waals surface area contributed by atoms with Gasteiger partial charge in [0.05, 0.1) is 40.6 Å². The van der Waals surface area contributed by atoms with E-state index in [1.165, 1.54) is 0 Å². The molecule has 398 valence electrons. The number of hydrogen-bond acceptors (Lipinski definition) is 12. The fraction of sp³-hybridized carbons (Fsp3) is 0.552. The van der Waals surface area contributed by atoms with Gasteiger partial charge in [-0.3, -0.25) is 14.8 Å². The molecule has 0 radical (unpaired) electrons. The van der Waals surface area contributed by atoms with E-state index in [4.69, 9.17) is 38.2 Å². The second-order valence-corrected chi connectivity index (χ2v) is 27.9. The van der Waals surface area contributed by atoms with Crippen LogP contribution in [0.1, 0.15) is 175 Å². The molecule has 2 aromatic carbocycles. The van der Waals surface area contributed by atoms with Gasteiger partial charge in [0.1, 0.15) is 16.8 Å². The van der Waals surface area contributed by atoms with Gasteiger partial charge in [0.25, 0.3) is 6.47 Å². The monoisotopic (exact) mass is 1020 g/mol. The van der Waals surface area contributed by atoms with Gasteiger partial charge < -0.3 is 34.4 Å². The van der Waals surface area contributed by atoms with Gasteiger partial charge >= 0.3 is 18.3 Å². The predicted molar refractivity (Wildman–Crippen MR) is 290 cm³/mol. The van der Waals surface area contributed by atoms with Crippen molar-refractivity contribution >= 4 is 67.1 Å². The van der Waals surface area contributed by atoms with Crippen LogP contribution < -0.4 is 10.6 Å². The first kappa shape index (κ1) is 59.8. The fourth-order valence-corrected chi connectivity index (χ4v) is 10.1. The summed E-state index contributed by atoms with van der Waals surface area (Å²) in [5.74, 6) is 0. The van der Waals surface area contributed by atoms with Crippen molar-refractivity contribution in [2.75, 3.05) is 0 Å². The number of carbonyl (C=O) groups excluding carboxylic acids is 5. The highest BCUT2D eigenvalue weighted by atomic mass is 28.4. The van der Waals surface area contributed by atoms with Gasteiger partial charge in [0.2, 0.25) is 0 Å². The fourth-order valence-electron chi connectivity index (χ4n) is 8.65. The Hall–Kier alpha value is -5.73. The molecule has 15 heteroatoms. The van der Waals surface area contributed by atoms with Crippen LogP contribution in [0.25, 0.3) is 34.0 Å². The Bertz CT molecular complexity index is 2570. The number of aliphatic hydroxyl groups is 1. The third kappa shape index (κ3) is 18.6. The molecule has 2 saturated carbocycles. The molecule has 14 nitrogen and oxygen atoms in total. The first-order valence-corrected chi connectivity index (χ1v) is 28.6. The molecule has 73 heavy (non-hydrogen) atoms. The van der Waals surface area contributed by atoms with Gasteiger partial charge in [0.15, 0.2) is 8.32 Å². The van der Waals surface area contributed by atoms with Crippen molar-refractivity contribution in [3.05, 3.63) is 95.3 Å². The topological polar surface area (TPSA) is 192 Å². The highest BCUT2D eigenvalue weighted by Crippen LogP contribution is 2.43. The Morgan fingerprint density at radius 3 is 1.55 bits per heavy atom. The van der Waals surface area contributed by atoms with E-state index in [1.807, 2.05) is 110 Å². The molecule has 2 atom stereocenters. The number of nitrogens with one attached hydrogen (secondary N) is 2. The molecule has 6 rings (SSSR count). The second kappa shape index (κ2) is 25.5. The van der Waals surface area contributed by atoms with Crippen LogP contribution in [-0.2, 0) is 33.0 Å². The summed E-state index contributed by atoms with van der Waals surface area (Å²) < 4.78 is 23.0. The van der Waals surface area contributed by atoms with Gasteiger partial charge in [-0.15, -0.1) is 0 Å². The van der Waals surface area contributed by atoms with Gasteiger partial charge in [-0.2, -0.15) is 9.59 Å². The van der Waals surface area contributed by atoms with Crippen LogP contribution in [-0.4, -0.2) is 77.2 Å². The quantitative estimate of drug-likeness (QED) is 0.0653. The number of carbonyl (C=O) groups is 3. The summed E-state index contributed by atoms with van der Waals surface area (Å²) in [7, 11) is -1.85. The SMILES string of the molecule is CCC1(/C=C/c2ccc3ccc([C@@H](C)NC(=O)OC(C)(C)C)nc3c2)CCC(O)CC1.C[C@@H](NC(=O)OC(C)(C)C)c1ccc2ccc(/C=C/C3(OC=O)CCC(O[Si](C)(C)C(C)(C)C)CC3)cc2n1.O=C=O. The molecule has 4 aromatic rings. The number of nitrogens with zero attached hydrogens (tertiary/aromatic N) is 2. The Labute approximate surface area is 434 Å². The minimum absolute atomic E-state index is 0.146. The van der Waals surface area contributed by atoms with E-state index in [-0.39, 0.29) is 40.9 Å². The number of rotatable bonds is 13. The number of amides is 2. The lowest BCUT2D eigenvalue weighted by molar-refractivity contribution is -0.191. The summed E-state index contributed by atoms with van der Waals surface area (Å²) in [6.07, 6.45) is 16.0. The normalized spacial score (nSPS) is 21.4. The number of aliphatic hydroxyl groups excluding tert-OH is 1. The Balaban J connectivity index is 0.000000307. The van der Waals surface area contributed by atoms with Crippen LogP contribution in [0, 0.1) is 5.41 Å². The molecule has 2 heterocycles. The van der Waals surface area contributed by atoms with Crippen LogP contribution in [0.2, 0.25) is 18.1 Å². The number of ether oxygens (including phenoxy) is 3. The average Bonchev–Trinajstić information content (AvgIpc) is 3.30. The molecule has 0 bridgehead atoms. The summed E-state index contributed by atoms with van der Waals surface area (Å²) in [6.45, 7) is 28.9. The van der Waals surface area contributed by atoms with Crippen LogP contribution >= 0.6 is 0 Å². The number of alkyl carbamates (subject to hydrolysis) is 2. The van der Waals surface area contributed by atoms with E-state index in [0.29, 0.717) is 6.47 Å². The number of benzene rings is 2. The molecule has 0 saturated heterocycles. The van der Waals surface area contributed by atoms with Gasteiger partial charge in [-0.05, 0) is 178 Å². The summed E-state index contributed by atoms with van der Waals surface area (Å²) in [5, 5.41) is 17.8. The van der Waals surface area contributed by atoms with Gasteiger partial charge in [0, 0.05) is 16.9 Å². The minimum Gasteiger partial charge on any atom is -0.457 e. The van der Waals surface area contributed by atoms with Crippen LogP contribution in [0.5, 0.6) is 0 Å². The van der Waals surface area contributed by atoms with E-state index in [9.17, 15) is 19.5 Å². The number of pyridine rings is 2. The largest absolute Gasteiger partial charge is 0.457 e. The average molecular weight is 1020 g/mol. The van der Waals surface area contributed by atoms with Gasteiger partial charge in [-0.1, -0.05) is 82.3 Å².